The van der Waals surface area contributed by atoms with Crippen LogP contribution in [0.15, 0.2) is 79.0 Å². The van der Waals surface area contributed by atoms with Crippen molar-refractivity contribution in [3.8, 4) is 16.9 Å². The molecule has 1 amide bonds. The van der Waals surface area contributed by atoms with Crippen molar-refractivity contribution in [1.82, 2.24) is 14.4 Å². The van der Waals surface area contributed by atoms with E-state index in [4.69, 9.17) is 4.74 Å². The lowest BCUT2D eigenvalue weighted by Crippen LogP contribution is -2.38. The van der Waals surface area contributed by atoms with E-state index in [1.54, 1.807) is 0 Å². The van der Waals surface area contributed by atoms with E-state index in [2.05, 4.69) is 64.1 Å². The molecule has 3 heterocycles. The Labute approximate surface area is 230 Å². The van der Waals surface area contributed by atoms with Gasteiger partial charge >= 0.3 is 0 Å². The number of β-amino-alcohol motifs (C(OH)–C–C–N with tert-alkyl or cyclic N) is 1. The highest BCUT2D eigenvalue weighted by atomic mass is 16.5. The minimum Gasteiger partial charge on any atom is -0.491 e. The molecule has 2 aliphatic rings. The molecular weight excluding hydrogens is 486 g/mol. The van der Waals surface area contributed by atoms with Gasteiger partial charge in [0.05, 0.1) is 0 Å². The first kappa shape index (κ1) is 25.7. The summed E-state index contributed by atoms with van der Waals surface area (Å²) >= 11 is 0. The molecule has 0 radical (unpaired) electrons. The minimum atomic E-state index is -0.559. The van der Waals surface area contributed by atoms with E-state index in [0.29, 0.717) is 13.1 Å². The predicted octanol–water partition coefficient (Wildman–Crippen LogP) is 5.12. The second kappa shape index (κ2) is 11.6. The van der Waals surface area contributed by atoms with Crippen LogP contribution in [0.4, 0.5) is 0 Å². The largest absolute Gasteiger partial charge is 0.491 e. The summed E-state index contributed by atoms with van der Waals surface area (Å²) < 4.78 is 8.09. The van der Waals surface area contributed by atoms with E-state index in [9.17, 15) is 9.90 Å². The zero-order chi connectivity index (χ0) is 26.6. The number of aliphatic hydroxyl groups is 1. The van der Waals surface area contributed by atoms with Crippen LogP contribution in [0.1, 0.15) is 30.4 Å². The van der Waals surface area contributed by atoms with Crippen molar-refractivity contribution in [3.05, 3.63) is 90.1 Å². The highest BCUT2D eigenvalue weighted by Crippen LogP contribution is 2.28. The molecule has 6 heteroatoms. The van der Waals surface area contributed by atoms with E-state index in [1.807, 2.05) is 29.3 Å². The molecule has 1 N–H and O–H groups in total. The molecular formula is C33H37N3O3. The Bertz CT molecular complexity index is 1440. The Morgan fingerprint density at radius 2 is 1.69 bits per heavy atom. The number of benzene rings is 3. The average molecular weight is 524 g/mol. The molecule has 6 rings (SSSR count). The number of carbonyl (C=O) groups is 1. The van der Waals surface area contributed by atoms with Gasteiger partial charge < -0.3 is 19.3 Å². The zero-order valence-electron chi connectivity index (χ0n) is 22.5. The first-order valence-corrected chi connectivity index (χ1v) is 14.2. The summed E-state index contributed by atoms with van der Waals surface area (Å²) in [5, 5.41) is 11.8. The number of hydrogen-bond donors (Lipinski definition) is 1. The fourth-order valence-corrected chi connectivity index (χ4v) is 5.91. The monoisotopic (exact) mass is 523 g/mol. The van der Waals surface area contributed by atoms with Crippen molar-refractivity contribution >= 4 is 16.8 Å². The zero-order valence-corrected chi connectivity index (χ0v) is 22.5. The number of aliphatic hydroxyl groups excluding tert-OH is 1. The van der Waals surface area contributed by atoms with E-state index in [-0.39, 0.29) is 12.5 Å². The highest BCUT2D eigenvalue weighted by Gasteiger charge is 2.19. The number of piperidine rings is 1. The predicted molar refractivity (Wildman–Crippen MR) is 155 cm³/mol. The Morgan fingerprint density at radius 1 is 0.872 bits per heavy atom. The van der Waals surface area contributed by atoms with Crippen molar-refractivity contribution < 1.29 is 14.6 Å². The number of aromatic nitrogens is 1. The molecule has 1 aromatic heterocycles. The highest BCUT2D eigenvalue weighted by molar-refractivity contribution is 5.87. The summed E-state index contributed by atoms with van der Waals surface area (Å²) in [6.45, 7) is 4.79. The van der Waals surface area contributed by atoms with Gasteiger partial charge in [-0.15, -0.1) is 0 Å². The summed E-state index contributed by atoms with van der Waals surface area (Å²) in [5.74, 6) is 0.937. The van der Waals surface area contributed by atoms with E-state index in [0.717, 1.165) is 73.2 Å². The summed E-state index contributed by atoms with van der Waals surface area (Å²) in [6, 6.07) is 25.0. The van der Waals surface area contributed by atoms with Crippen LogP contribution in [0.25, 0.3) is 22.0 Å². The minimum absolute atomic E-state index is 0.195. The van der Waals surface area contributed by atoms with Gasteiger partial charge in [-0.1, -0.05) is 48.5 Å². The topological polar surface area (TPSA) is 57.9 Å². The van der Waals surface area contributed by atoms with Gasteiger partial charge in [0, 0.05) is 44.4 Å². The van der Waals surface area contributed by atoms with Crippen molar-refractivity contribution in [2.75, 3.05) is 32.8 Å². The van der Waals surface area contributed by atoms with Crippen LogP contribution in [0.2, 0.25) is 0 Å². The van der Waals surface area contributed by atoms with Crippen LogP contribution < -0.4 is 4.74 Å². The van der Waals surface area contributed by atoms with Gasteiger partial charge in [0.2, 0.25) is 5.91 Å². The molecule has 1 unspecified atom stereocenters. The number of ether oxygens (including phenoxy) is 1. The number of fused-ring (bicyclic) bond motifs is 2. The molecule has 3 aromatic carbocycles. The van der Waals surface area contributed by atoms with Crippen molar-refractivity contribution in [2.24, 2.45) is 0 Å². The average Bonchev–Trinajstić information content (AvgIpc) is 3.38. The van der Waals surface area contributed by atoms with Gasteiger partial charge in [0.25, 0.3) is 0 Å². The lowest BCUT2D eigenvalue weighted by atomic mass is 10.00. The molecule has 202 valence electrons. The quantitative estimate of drug-likeness (QED) is 0.348. The molecule has 1 atom stereocenters. The molecule has 6 nitrogen and oxygen atoms in total. The fourth-order valence-electron chi connectivity index (χ4n) is 5.91. The number of nitrogens with zero attached hydrogens (tertiary/aromatic N) is 3. The Morgan fingerprint density at radius 3 is 2.56 bits per heavy atom. The van der Waals surface area contributed by atoms with E-state index in [1.165, 1.54) is 17.5 Å². The number of likely N-dealkylation sites (tertiary alicyclic amines) is 1. The molecule has 2 aliphatic heterocycles. The Balaban J connectivity index is 1.09. The van der Waals surface area contributed by atoms with E-state index >= 15 is 0 Å². The molecule has 0 bridgehead atoms. The Kier molecular flexibility index (Phi) is 7.66. The van der Waals surface area contributed by atoms with Crippen LogP contribution in [-0.2, 0) is 24.3 Å². The third-order valence-corrected chi connectivity index (χ3v) is 8.08. The van der Waals surface area contributed by atoms with Gasteiger partial charge in [-0.05, 0) is 77.6 Å². The van der Waals surface area contributed by atoms with Gasteiger partial charge in [-0.3, -0.25) is 9.69 Å². The SMILES string of the molecule is O=C(Cn1ccc2ccc(-c3cccc(OCC(O)CN4CCc5ccccc5C4)c3)cc21)N1CCCCC1. The maximum absolute atomic E-state index is 12.9. The lowest BCUT2D eigenvalue weighted by Gasteiger charge is -2.30. The first-order chi connectivity index (χ1) is 19.1. The summed E-state index contributed by atoms with van der Waals surface area (Å²) in [4.78, 5) is 17.2. The van der Waals surface area contributed by atoms with Crippen molar-refractivity contribution in [2.45, 2.75) is 44.9 Å². The smallest absolute Gasteiger partial charge is 0.242 e. The van der Waals surface area contributed by atoms with E-state index < -0.39 is 6.10 Å². The summed E-state index contributed by atoms with van der Waals surface area (Å²) in [7, 11) is 0. The molecule has 0 saturated carbocycles. The van der Waals surface area contributed by atoms with Gasteiger partial charge in [0.15, 0.2) is 0 Å². The van der Waals surface area contributed by atoms with Crippen LogP contribution in [0.3, 0.4) is 0 Å². The Hall–Kier alpha value is -3.61. The lowest BCUT2D eigenvalue weighted by molar-refractivity contribution is -0.132. The fraction of sp³-hybridized carbons (Fsp3) is 0.364. The van der Waals surface area contributed by atoms with Crippen LogP contribution >= 0.6 is 0 Å². The van der Waals surface area contributed by atoms with Crippen LogP contribution in [0.5, 0.6) is 5.75 Å². The molecule has 4 aromatic rings. The third kappa shape index (κ3) is 6.02. The van der Waals surface area contributed by atoms with Crippen molar-refractivity contribution in [3.63, 3.8) is 0 Å². The number of amides is 1. The van der Waals surface area contributed by atoms with Crippen molar-refractivity contribution in [1.29, 1.82) is 0 Å². The van der Waals surface area contributed by atoms with Gasteiger partial charge in [0.1, 0.15) is 25.0 Å². The normalized spacial score (nSPS) is 16.7. The second-order valence-corrected chi connectivity index (χ2v) is 10.9. The maximum Gasteiger partial charge on any atom is 0.242 e. The standard InChI is InChI=1S/C33H37N3O3/c37-30(22-34-17-13-25-7-2-3-8-29(25)21-34)24-39-31-10-6-9-27(19-31)28-12-11-26-14-18-36(32(26)20-28)23-33(38)35-15-4-1-5-16-35/h2-3,6-12,14,18-20,30,37H,1,4-5,13,15-17,21-24H2. The maximum atomic E-state index is 12.9. The third-order valence-electron chi connectivity index (χ3n) is 8.08. The number of carbonyl (C=O) groups excluding carboxylic acids is 1. The molecule has 1 fully saturated rings. The number of hydrogen-bond acceptors (Lipinski definition) is 4. The molecule has 39 heavy (non-hydrogen) atoms. The van der Waals surface area contributed by atoms with Crippen LogP contribution in [0, 0.1) is 0 Å². The van der Waals surface area contributed by atoms with Gasteiger partial charge in [-0.2, -0.15) is 0 Å². The molecule has 1 saturated heterocycles. The summed E-state index contributed by atoms with van der Waals surface area (Å²) in [5.41, 5.74) is 5.94. The molecule has 0 spiro atoms. The van der Waals surface area contributed by atoms with Crippen LogP contribution in [-0.4, -0.2) is 64.3 Å². The second-order valence-electron chi connectivity index (χ2n) is 10.9. The molecule has 0 aliphatic carbocycles. The van der Waals surface area contributed by atoms with Gasteiger partial charge in [-0.25, -0.2) is 0 Å². The summed E-state index contributed by atoms with van der Waals surface area (Å²) in [6.07, 6.45) is 5.89. The number of rotatable bonds is 8. The first-order valence-electron chi connectivity index (χ1n) is 14.2.